The van der Waals surface area contributed by atoms with Crippen molar-refractivity contribution in [1.29, 1.82) is 0 Å². The second kappa shape index (κ2) is 4.24. The number of alkyl halides is 2. The molecule has 3 aliphatic rings. The molecule has 7 heteroatoms. The molecular formula is C13H14ClF2N3O. The van der Waals surface area contributed by atoms with Crippen LogP contribution in [0.2, 0.25) is 5.15 Å². The van der Waals surface area contributed by atoms with Crippen molar-refractivity contribution < 1.29 is 13.5 Å². The fourth-order valence-electron chi connectivity index (χ4n) is 3.28. The molecule has 1 aliphatic carbocycles. The normalized spacial score (nSPS) is 31.6. The number of fused-ring (bicyclic) bond motifs is 2. The summed E-state index contributed by atoms with van der Waals surface area (Å²) in [6, 6.07) is 2.03. The number of hydrogen-bond acceptors (Lipinski definition) is 4. The first kappa shape index (κ1) is 12.7. The highest BCUT2D eigenvalue weighted by atomic mass is 35.5. The number of anilines is 1. The fraction of sp³-hybridized carbons (Fsp3) is 0.692. The standard InChI is InChI=1S/C13H14ClF2N3O/c14-10-2-11(19-5-9-1-8(19)6-20-9)18-12(17-10)7-3-13(15,16)4-7/h2,7-9H,1,3-6H2. The van der Waals surface area contributed by atoms with E-state index >= 15 is 0 Å². The summed E-state index contributed by atoms with van der Waals surface area (Å²) >= 11 is 6.03. The molecule has 1 aromatic heterocycles. The maximum Gasteiger partial charge on any atom is 0.249 e. The van der Waals surface area contributed by atoms with E-state index in [4.69, 9.17) is 16.3 Å². The first-order valence-corrected chi connectivity index (χ1v) is 7.18. The van der Waals surface area contributed by atoms with Crippen molar-refractivity contribution in [1.82, 2.24) is 9.97 Å². The van der Waals surface area contributed by atoms with Gasteiger partial charge in [-0.1, -0.05) is 11.6 Å². The second-order valence-electron chi connectivity index (χ2n) is 5.87. The van der Waals surface area contributed by atoms with Crippen LogP contribution in [0.4, 0.5) is 14.6 Å². The molecule has 20 heavy (non-hydrogen) atoms. The highest BCUT2D eigenvalue weighted by molar-refractivity contribution is 6.29. The summed E-state index contributed by atoms with van der Waals surface area (Å²) in [5, 5.41) is 0.323. The van der Waals surface area contributed by atoms with Crippen molar-refractivity contribution in [3.8, 4) is 0 Å². The Morgan fingerprint density at radius 3 is 2.75 bits per heavy atom. The Hall–Kier alpha value is -1.01. The number of hydrogen-bond donors (Lipinski definition) is 0. The van der Waals surface area contributed by atoms with E-state index in [2.05, 4.69) is 14.9 Å². The van der Waals surface area contributed by atoms with Crippen LogP contribution in [0.3, 0.4) is 0 Å². The summed E-state index contributed by atoms with van der Waals surface area (Å²) in [5.74, 6) is -1.66. The van der Waals surface area contributed by atoms with Gasteiger partial charge in [0.2, 0.25) is 5.92 Å². The van der Waals surface area contributed by atoms with Gasteiger partial charge in [0, 0.05) is 31.4 Å². The predicted octanol–water partition coefficient (Wildman–Crippen LogP) is 2.62. The highest BCUT2D eigenvalue weighted by Crippen LogP contribution is 2.47. The Morgan fingerprint density at radius 1 is 1.35 bits per heavy atom. The van der Waals surface area contributed by atoms with Gasteiger partial charge in [0.05, 0.1) is 18.8 Å². The van der Waals surface area contributed by atoms with Crippen LogP contribution in [0.25, 0.3) is 0 Å². The van der Waals surface area contributed by atoms with Crippen LogP contribution in [0, 0.1) is 0 Å². The summed E-state index contributed by atoms with van der Waals surface area (Å²) in [6.07, 6.45) is 0.896. The predicted molar refractivity (Wildman–Crippen MR) is 69.5 cm³/mol. The summed E-state index contributed by atoms with van der Waals surface area (Å²) in [7, 11) is 0. The third-order valence-corrected chi connectivity index (χ3v) is 4.54. The molecule has 3 heterocycles. The maximum atomic E-state index is 13.0. The Morgan fingerprint density at radius 2 is 2.15 bits per heavy atom. The zero-order valence-corrected chi connectivity index (χ0v) is 11.5. The van der Waals surface area contributed by atoms with Crippen LogP contribution in [-0.2, 0) is 4.74 Å². The largest absolute Gasteiger partial charge is 0.374 e. The van der Waals surface area contributed by atoms with Crippen LogP contribution in [0.15, 0.2) is 6.07 Å². The van der Waals surface area contributed by atoms with Gasteiger partial charge < -0.3 is 9.64 Å². The number of nitrogens with zero attached hydrogens (tertiary/aromatic N) is 3. The fourth-order valence-corrected chi connectivity index (χ4v) is 3.46. The Labute approximate surface area is 120 Å². The van der Waals surface area contributed by atoms with Crippen LogP contribution < -0.4 is 4.90 Å². The summed E-state index contributed by atoms with van der Waals surface area (Å²) < 4.78 is 31.5. The van der Waals surface area contributed by atoms with Crippen molar-refractivity contribution in [2.75, 3.05) is 18.1 Å². The molecule has 2 unspecified atom stereocenters. The minimum atomic E-state index is -2.57. The second-order valence-corrected chi connectivity index (χ2v) is 6.25. The van der Waals surface area contributed by atoms with E-state index in [1.165, 1.54) is 0 Å². The SMILES string of the molecule is FC1(F)CC(c2nc(Cl)cc(N3CC4CC3CO4)n2)C1. The first-order chi connectivity index (χ1) is 9.50. The van der Waals surface area contributed by atoms with Gasteiger partial charge in [0.1, 0.15) is 16.8 Å². The number of aromatic nitrogens is 2. The average molecular weight is 302 g/mol. The highest BCUT2D eigenvalue weighted by Gasteiger charge is 2.48. The lowest BCUT2D eigenvalue weighted by Crippen LogP contribution is -2.38. The average Bonchev–Trinajstić information content (AvgIpc) is 2.97. The smallest absolute Gasteiger partial charge is 0.249 e. The molecule has 0 N–H and O–H groups in total. The molecule has 0 aromatic carbocycles. The minimum absolute atomic E-state index is 0.179. The number of ether oxygens (including phenoxy) is 1. The molecule has 4 rings (SSSR count). The lowest BCUT2D eigenvalue weighted by Gasteiger charge is -2.34. The van der Waals surface area contributed by atoms with E-state index < -0.39 is 5.92 Å². The van der Waals surface area contributed by atoms with Gasteiger partial charge in [-0.05, 0) is 6.42 Å². The minimum Gasteiger partial charge on any atom is -0.374 e. The molecular weight excluding hydrogens is 288 g/mol. The van der Waals surface area contributed by atoms with E-state index in [-0.39, 0.29) is 24.9 Å². The molecule has 2 bridgehead atoms. The quantitative estimate of drug-likeness (QED) is 0.787. The van der Waals surface area contributed by atoms with E-state index in [0.717, 1.165) is 18.8 Å². The van der Waals surface area contributed by atoms with Gasteiger partial charge in [-0.2, -0.15) is 0 Å². The molecule has 2 aliphatic heterocycles. The number of morpholine rings is 1. The molecule has 108 valence electrons. The third kappa shape index (κ3) is 2.05. The Kier molecular flexibility index (Phi) is 2.70. The van der Waals surface area contributed by atoms with Gasteiger partial charge in [-0.15, -0.1) is 0 Å². The molecule has 3 fully saturated rings. The van der Waals surface area contributed by atoms with Gasteiger partial charge in [0.15, 0.2) is 0 Å². The zero-order valence-electron chi connectivity index (χ0n) is 10.7. The van der Waals surface area contributed by atoms with Crippen molar-refractivity contribution >= 4 is 17.4 Å². The zero-order chi connectivity index (χ0) is 13.9. The van der Waals surface area contributed by atoms with Gasteiger partial charge in [0.25, 0.3) is 0 Å². The van der Waals surface area contributed by atoms with E-state index in [1.807, 2.05) is 0 Å². The molecule has 1 saturated carbocycles. The van der Waals surface area contributed by atoms with Crippen LogP contribution in [0.1, 0.15) is 31.0 Å². The van der Waals surface area contributed by atoms with E-state index in [0.29, 0.717) is 23.6 Å². The molecule has 0 amide bonds. The van der Waals surface area contributed by atoms with Crippen LogP contribution in [0.5, 0.6) is 0 Å². The summed E-state index contributed by atoms with van der Waals surface area (Å²) in [4.78, 5) is 10.7. The van der Waals surface area contributed by atoms with E-state index in [1.54, 1.807) is 6.07 Å². The van der Waals surface area contributed by atoms with Crippen LogP contribution >= 0.6 is 11.6 Å². The summed E-state index contributed by atoms with van der Waals surface area (Å²) in [5.41, 5.74) is 0. The maximum absolute atomic E-state index is 13.0. The summed E-state index contributed by atoms with van der Waals surface area (Å²) in [6.45, 7) is 1.49. The monoisotopic (exact) mass is 301 g/mol. The molecule has 2 atom stereocenters. The Balaban J connectivity index is 1.60. The molecule has 4 nitrogen and oxygen atoms in total. The number of rotatable bonds is 2. The topological polar surface area (TPSA) is 38.2 Å². The van der Waals surface area contributed by atoms with Crippen LogP contribution in [-0.4, -0.2) is 41.2 Å². The number of halogens is 3. The molecule has 2 saturated heterocycles. The van der Waals surface area contributed by atoms with E-state index in [9.17, 15) is 8.78 Å². The lowest BCUT2D eigenvalue weighted by atomic mass is 9.81. The van der Waals surface area contributed by atoms with Crippen molar-refractivity contribution in [2.24, 2.45) is 0 Å². The molecule has 0 spiro atoms. The van der Waals surface area contributed by atoms with Gasteiger partial charge >= 0.3 is 0 Å². The third-order valence-electron chi connectivity index (χ3n) is 4.35. The van der Waals surface area contributed by atoms with Crippen molar-refractivity contribution in [2.45, 2.75) is 43.2 Å². The van der Waals surface area contributed by atoms with Gasteiger partial charge in [-0.3, -0.25) is 0 Å². The molecule has 0 radical (unpaired) electrons. The first-order valence-electron chi connectivity index (χ1n) is 6.81. The Bertz CT molecular complexity index is 548. The van der Waals surface area contributed by atoms with Crippen molar-refractivity contribution in [3.05, 3.63) is 17.0 Å². The van der Waals surface area contributed by atoms with Crippen molar-refractivity contribution in [3.63, 3.8) is 0 Å². The molecule has 1 aromatic rings. The van der Waals surface area contributed by atoms with Gasteiger partial charge in [-0.25, -0.2) is 18.7 Å². The lowest BCUT2D eigenvalue weighted by molar-refractivity contribution is -0.0885.